The van der Waals surface area contributed by atoms with Gasteiger partial charge in [-0.15, -0.1) is 25.3 Å². The number of phosphoric acid groups is 2. The van der Waals surface area contributed by atoms with Crippen molar-refractivity contribution in [3.05, 3.63) is 35.4 Å². The number of aromatic nitrogens is 6. The number of imidazole rings is 1. The molecule has 2 saturated heterocycles. The third-order valence-electron chi connectivity index (χ3n) is 8.27. The lowest BCUT2D eigenvalue weighted by molar-refractivity contribution is -0.170. The molecule has 5 heterocycles. The van der Waals surface area contributed by atoms with E-state index in [1.54, 1.807) is 0 Å². The van der Waals surface area contributed by atoms with E-state index in [-0.39, 0.29) is 22.8 Å². The van der Waals surface area contributed by atoms with Gasteiger partial charge in [0.2, 0.25) is 0 Å². The molecule has 0 aliphatic carbocycles. The van der Waals surface area contributed by atoms with Crippen molar-refractivity contribution < 1.29 is 75.5 Å². The van der Waals surface area contributed by atoms with Gasteiger partial charge in [0.1, 0.15) is 54.3 Å². The highest BCUT2D eigenvalue weighted by molar-refractivity contribution is 7.96. The van der Waals surface area contributed by atoms with Crippen LogP contribution < -0.4 is 28.6 Å². The van der Waals surface area contributed by atoms with E-state index in [9.17, 15) is 47.8 Å². The fourth-order valence-electron chi connectivity index (χ4n) is 5.69. The van der Waals surface area contributed by atoms with Crippen molar-refractivity contribution in [1.29, 1.82) is 0 Å². The van der Waals surface area contributed by atoms with Gasteiger partial charge in [-0.05, 0) is 6.07 Å². The number of carbonyl (C=O) groups excluding carboxylic acids is 4. The summed E-state index contributed by atoms with van der Waals surface area (Å²) < 4.78 is 65.1. The molecule has 1 unspecified atom stereocenters. The standard InChI is InChI=1S/C27H36N10O17P2S2/c28-10(3-17(38)57)25(40)52-20-14(51-24(21(20)53-26(41)11(29)4-18(39)58)37-9-34-19-22(31)32-8-33-23(19)37)7-49-56(46,47)54-12-5-16(36-2-1-15(30)35-27(36)42)50-13(12)6-48-55(43,44)45/h1-2,8-14,16,20-21,24H,3-7,28-29H2,(H,38,57)(H,39,58)(H,46,47)(H2,30,35,42)(H2,31,32,33)(H2,43,44,45)/t10-,11-,12-,13+,14+,16+,20+,21+,24+/m0/s1. The first-order valence-corrected chi connectivity index (χ1v) is 20.3. The largest absolute Gasteiger partial charge is 0.472 e. The molecule has 0 bridgehead atoms. The summed E-state index contributed by atoms with van der Waals surface area (Å²) in [5.74, 6) is -2.68. The molecule has 3 aromatic rings. The summed E-state index contributed by atoms with van der Waals surface area (Å²) >= 11 is 7.24. The predicted molar refractivity (Wildman–Crippen MR) is 197 cm³/mol. The molecule has 31 heteroatoms. The van der Waals surface area contributed by atoms with Gasteiger partial charge < -0.3 is 56.6 Å². The smallest absolute Gasteiger partial charge is 0.454 e. The molecule has 27 nitrogen and oxygen atoms in total. The average molecular weight is 899 g/mol. The van der Waals surface area contributed by atoms with Crippen molar-refractivity contribution in [2.24, 2.45) is 11.5 Å². The van der Waals surface area contributed by atoms with E-state index in [0.717, 1.165) is 17.2 Å². The third kappa shape index (κ3) is 11.4. The number of phosphoric ester groups is 2. The molecular weight excluding hydrogens is 862 g/mol. The molecule has 2 fully saturated rings. The van der Waals surface area contributed by atoms with E-state index < -0.39 is 131 Å². The van der Waals surface area contributed by atoms with Crippen molar-refractivity contribution in [2.45, 2.75) is 74.3 Å². The van der Waals surface area contributed by atoms with Gasteiger partial charge in [0.25, 0.3) is 0 Å². The summed E-state index contributed by atoms with van der Waals surface area (Å²) in [6.07, 6.45) is -9.30. The number of nitrogens with zero attached hydrogens (tertiary/aromatic N) is 6. The molecule has 0 amide bonds. The Morgan fingerprint density at radius 3 is 2.12 bits per heavy atom. The number of anilines is 2. The maximum Gasteiger partial charge on any atom is 0.472 e. The Bertz CT molecular complexity index is 2190. The summed E-state index contributed by atoms with van der Waals surface area (Å²) in [7, 11) is -10.4. The van der Waals surface area contributed by atoms with Crippen LogP contribution in [0.1, 0.15) is 31.7 Å². The van der Waals surface area contributed by atoms with Crippen LogP contribution in [-0.4, -0.2) is 122 Å². The topological polar surface area (TPSA) is 410 Å². The van der Waals surface area contributed by atoms with Gasteiger partial charge in [-0.25, -0.2) is 28.9 Å². The molecule has 2 aliphatic rings. The van der Waals surface area contributed by atoms with Crippen molar-refractivity contribution in [3.8, 4) is 0 Å². The number of ether oxygens (including phenoxy) is 4. The van der Waals surface area contributed by atoms with Crippen LogP contribution in [0, 0.1) is 0 Å². The van der Waals surface area contributed by atoms with Crippen LogP contribution in [0.25, 0.3) is 11.2 Å². The summed E-state index contributed by atoms with van der Waals surface area (Å²) in [4.78, 5) is 107. The lowest BCUT2D eigenvalue weighted by atomic mass is 10.1. The van der Waals surface area contributed by atoms with E-state index in [1.165, 1.54) is 16.8 Å². The molecule has 0 radical (unpaired) electrons. The summed E-state index contributed by atoms with van der Waals surface area (Å²) in [6, 6.07) is -1.97. The molecule has 5 rings (SSSR count). The number of nitrogen functional groups attached to an aromatic ring is 2. The monoisotopic (exact) mass is 898 g/mol. The zero-order valence-electron chi connectivity index (χ0n) is 29.4. The zero-order chi connectivity index (χ0) is 42.7. The first kappa shape index (κ1) is 45.2. The molecule has 0 aromatic carbocycles. The predicted octanol–water partition coefficient (Wildman–Crippen LogP) is -2.78. The number of thiol groups is 2. The van der Waals surface area contributed by atoms with Crippen molar-refractivity contribution in [2.75, 3.05) is 24.7 Å². The van der Waals surface area contributed by atoms with Gasteiger partial charge in [-0.1, -0.05) is 0 Å². The number of fused-ring (bicyclic) bond motifs is 1. The fourth-order valence-corrected chi connectivity index (χ4v) is 7.39. The number of rotatable bonds is 18. The highest BCUT2D eigenvalue weighted by Gasteiger charge is 2.53. The number of hydrogen-bond acceptors (Lipinski definition) is 22. The molecular formula is C27H36N10O17P2S2. The minimum Gasteiger partial charge on any atom is -0.454 e. The molecule has 58 heavy (non-hydrogen) atoms. The molecule has 2 aliphatic heterocycles. The number of hydrogen-bond donors (Lipinski definition) is 9. The minimum absolute atomic E-state index is 0.00308. The van der Waals surface area contributed by atoms with Crippen LogP contribution in [0.4, 0.5) is 11.6 Å². The third-order valence-corrected chi connectivity index (χ3v) is 10.1. The summed E-state index contributed by atoms with van der Waals surface area (Å²) in [5, 5.41) is -1.57. The van der Waals surface area contributed by atoms with E-state index in [0.29, 0.717) is 0 Å². The lowest BCUT2D eigenvalue weighted by Gasteiger charge is -2.27. The second-order valence-corrected chi connectivity index (χ2v) is 16.1. The van der Waals surface area contributed by atoms with Gasteiger partial charge in [-0.3, -0.25) is 41.9 Å². The summed E-state index contributed by atoms with van der Waals surface area (Å²) in [5.41, 5.74) is 22.3. The minimum atomic E-state index is -5.32. The van der Waals surface area contributed by atoms with Crippen molar-refractivity contribution in [1.82, 2.24) is 29.1 Å². The highest BCUT2D eigenvalue weighted by atomic mass is 32.1. The molecule has 0 saturated carbocycles. The van der Waals surface area contributed by atoms with E-state index >= 15 is 0 Å². The normalized spacial score (nSPS) is 25.5. The van der Waals surface area contributed by atoms with Crippen LogP contribution in [0.15, 0.2) is 29.7 Å². The van der Waals surface area contributed by atoms with Crippen LogP contribution in [0.2, 0.25) is 0 Å². The fraction of sp³-hybridized carbons (Fsp3) is 0.519. The second kappa shape index (κ2) is 18.6. The van der Waals surface area contributed by atoms with E-state index in [1.807, 2.05) is 0 Å². The van der Waals surface area contributed by atoms with E-state index in [4.69, 9.17) is 50.9 Å². The maximum atomic E-state index is 13.5. The Labute approximate surface area is 335 Å². The van der Waals surface area contributed by atoms with Gasteiger partial charge in [-0.2, -0.15) is 4.98 Å². The highest BCUT2D eigenvalue weighted by Crippen LogP contribution is 2.50. The average Bonchev–Trinajstić information content (AvgIpc) is 3.81. The SMILES string of the molecule is Nc1ccn([C@H]2C[C@H](OP(=O)(O)OC[C@H]3O[C@@H](n4cnc5c(N)ncnc54)[C@H](OC(=O)[C@@H](N)CC(=O)S)[C@@H]3OC(=O)[C@@H](N)CC(=O)S)[C@@H](COP(=O)(O)O)O2)c(=O)n1. The van der Waals surface area contributed by atoms with Gasteiger partial charge in [0.15, 0.2) is 40.1 Å². The Morgan fingerprint density at radius 1 is 0.897 bits per heavy atom. The Morgan fingerprint density at radius 2 is 1.52 bits per heavy atom. The first-order chi connectivity index (χ1) is 27.1. The Hall–Kier alpha value is -3.93. The molecule has 10 atom stereocenters. The van der Waals surface area contributed by atoms with Crippen LogP contribution >= 0.6 is 40.9 Å². The van der Waals surface area contributed by atoms with E-state index in [2.05, 4.69) is 49.7 Å². The van der Waals surface area contributed by atoms with Gasteiger partial charge in [0, 0.05) is 25.5 Å². The molecule has 3 aromatic heterocycles. The number of esters is 2. The zero-order valence-corrected chi connectivity index (χ0v) is 33.0. The number of carbonyl (C=O) groups is 4. The summed E-state index contributed by atoms with van der Waals surface area (Å²) in [6.45, 7) is -1.91. The molecule has 318 valence electrons. The van der Waals surface area contributed by atoms with Crippen molar-refractivity contribution >= 4 is 85.9 Å². The van der Waals surface area contributed by atoms with Gasteiger partial charge in [0.05, 0.1) is 19.5 Å². The Balaban J connectivity index is 1.45. The Kier molecular flexibility index (Phi) is 14.4. The second-order valence-electron chi connectivity index (χ2n) is 12.5. The molecule has 11 N–H and O–H groups in total. The first-order valence-electron chi connectivity index (χ1n) is 16.4. The quantitative estimate of drug-likeness (QED) is 0.0354. The van der Waals surface area contributed by atoms with Crippen LogP contribution in [0.3, 0.4) is 0 Å². The molecule has 0 spiro atoms. The van der Waals surface area contributed by atoms with Crippen LogP contribution in [0.5, 0.6) is 0 Å². The van der Waals surface area contributed by atoms with Gasteiger partial charge >= 0.3 is 33.3 Å². The van der Waals surface area contributed by atoms with Crippen molar-refractivity contribution in [3.63, 3.8) is 0 Å². The van der Waals surface area contributed by atoms with Crippen LogP contribution in [-0.2, 0) is 60.8 Å². The maximum absolute atomic E-state index is 13.5. The number of nitrogens with two attached hydrogens (primary N) is 4. The lowest BCUT2D eigenvalue weighted by Crippen LogP contribution is -2.46.